The topological polar surface area (TPSA) is 26.0 Å². The van der Waals surface area contributed by atoms with Gasteiger partial charge in [-0.1, -0.05) is 42.5 Å². The van der Waals surface area contributed by atoms with Crippen molar-refractivity contribution in [2.75, 3.05) is 0 Å². The van der Waals surface area contributed by atoms with E-state index in [4.69, 9.17) is 4.42 Å². The monoisotopic (exact) mass is 303 g/mol. The number of nitrogens with zero attached hydrogens (tertiary/aromatic N) is 1. The van der Waals surface area contributed by atoms with Gasteiger partial charge in [-0.25, -0.2) is 4.98 Å². The minimum Gasteiger partial charge on any atom is -0.457 e. The van der Waals surface area contributed by atoms with Crippen molar-refractivity contribution in [2.45, 2.75) is 0 Å². The summed E-state index contributed by atoms with van der Waals surface area (Å²) in [5, 5.41) is 0.985. The zero-order valence-corrected chi connectivity index (χ0v) is 12.6. The second-order valence-corrected chi connectivity index (χ2v) is 5.98. The molecule has 0 aliphatic heterocycles. The predicted molar refractivity (Wildman–Crippen MR) is 92.7 cm³/mol. The molecule has 0 aliphatic rings. The van der Waals surface area contributed by atoms with Crippen LogP contribution in [-0.4, -0.2) is 4.98 Å². The van der Waals surface area contributed by atoms with E-state index in [1.165, 1.54) is 4.70 Å². The quantitative estimate of drug-likeness (QED) is 0.483. The average Bonchev–Trinajstić information content (AvgIpc) is 3.20. The summed E-state index contributed by atoms with van der Waals surface area (Å²) < 4.78 is 7.06. The number of hydrogen-bond donors (Lipinski definition) is 0. The van der Waals surface area contributed by atoms with Crippen molar-refractivity contribution in [3.63, 3.8) is 0 Å². The number of benzene rings is 2. The van der Waals surface area contributed by atoms with Crippen molar-refractivity contribution in [2.24, 2.45) is 0 Å². The fourth-order valence-corrected chi connectivity index (χ4v) is 3.18. The minimum atomic E-state index is 0.832. The highest BCUT2D eigenvalue weighted by Crippen LogP contribution is 2.25. The Bertz CT molecular complexity index is 901. The van der Waals surface area contributed by atoms with Crippen LogP contribution in [0.15, 0.2) is 71.1 Å². The molecule has 0 bridgehead atoms. The van der Waals surface area contributed by atoms with Crippen molar-refractivity contribution in [1.29, 1.82) is 0 Å². The second-order valence-electron chi connectivity index (χ2n) is 4.92. The zero-order chi connectivity index (χ0) is 14.8. The summed E-state index contributed by atoms with van der Waals surface area (Å²) in [4.78, 5) is 4.58. The normalized spacial score (nSPS) is 11.5. The molecule has 2 heterocycles. The second kappa shape index (κ2) is 5.62. The van der Waals surface area contributed by atoms with E-state index in [2.05, 4.69) is 11.1 Å². The Balaban J connectivity index is 1.59. The molecule has 0 amide bonds. The molecule has 0 aliphatic carbocycles. The smallest absolute Gasteiger partial charge is 0.134 e. The fourth-order valence-electron chi connectivity index (χ4n) is 2.31. The predicted octanol–water partition coefficient (Wildman–Crippen LogP) is 5.73. The fraction of sp³-hybridized carbons (Fsp3) is 0. The molecule has 4 rings (SSSR count). The van der Waals surface area contributed by atoms with Crippen LogP contribution in [0.4, 0.5) is 0 Å². The van der Waals surface area contributed by atoms with Crippen LogP contribution in [0.25, 0.3) is 33.7 Å². The van der Waals surface area contributed by atoms with Crippen molar-refractivity contribution in [3.05, 3.63) is 77.5 Å². The van der Waals surface area contributed by atoms with Gasteiger partial charge in [0, 0.05) is 5.56 Å². The summed E-state index contributed by atoms with van der Waals surface area (Å²) in [5.74, 6) is 1.71. The van der Waals surface area contributed by atoms with E-state index in [1.54, 1.807) is 11.3 Å². The molecule has 2 nitrogen and oxygen atoms in total. The van der Waals surface area contributed by atoms with Gasteiger partial charge >= 0.3 is 0 Å². The number of aromatic nitrogens is 1. The van der Waals surface area contributed by atoms with Gasteiger partial charge in [-0.2, -0.15) is 0 Å². The Morgan fingerprint density at radius 2 is 1.64 bits per heavy atom. The largest absolute Gasteiger partial charge is 0.457 e. The zero-order valence-electron chi connectivity index (χ0n) is 11.8. The Labute approximate surface area is 132 Å². The first-order valence-corrected chi connectivity index (χ1v) is 7.89. The van der Waals surface area contributed by atoms with Gasteiger partial charge in [0.2, 0.25) is 0 Å². The van der Waals surface area contributed by atoms with E-state index in [-0.39, 0.29) is 0 Å². The SMILES string of the molecule is C(=C\c1nc2ccccc2s1)/c1ccc(-c2ccccc2)o1. The van der Waals surface area contributed by atoms with Gasteiger partial charge in [-0.05, 0) is 36.4 Å². The number of rotatable bonds is 3. The molecule has 3 heteroatoms. The Morgan fingerprint density at radius 3 is 2.50 bits per heavy atom. The maximum atomic E-state index is 5.86. The van der Waals surface area contributed by atoms with Crippen LogP contribution in [0.3, 0.4) is 0 Å². The maximum absolute atomic E-state index is 5.86. The summed E-state index contributed by atoms with van der Waals surface area (Å²) in [7, 11) is 0. The molecule has 0 saturated carbocycles. The maximum Gasteiger partial charge on any atom is 0.134 e. The lowest BCUT2D eigenvalue weighted by atomic mass is 10.2. The molecule has 22 heavy (non-hydrogen) atoms. The third kappa shape index (κ3) is 2.59. The third-order valence-electron chi connectivity index (χ3n) is 3.39. The highest BCUT2D eigenvalue weighted by atomic mass is 32.1. The van der Waals surface area contributed by atoms with E-state index in [9.17, 15) is 0 Å². The van der Waals surface area contributed by atoms with Crippen molar-refractivity contribution in [1.82, 2.24) is 4.98 Å². The van der Waals surface area contributed by atoms with Gasteiger partial charge in [0.25, 0.3) is 0 Å². The molecule has 0 N–H and O–H groups in total. The lowest BCUT2D eigenvalue weighted by molar-refractivity contribution is 0.572. The number of para-hydroxylation sites is 1. The summed E-state index contributed by atoms with van der Waals surface area (Å²) in [6.45, 7) is 0. The van der Waals surface area contributed by atoms with Crippen LogP contribution >= 0.6 is 11.3 Å². The molecule has 4 aromatic rings. The Hall–Kier alpha value is -2.65. The molecule has 2 aromatic carbocycles. The van der Waals surface area contributed by atoms with E-state index >= 15 is 0 Å². The van der Waals surface area contributed by atoms with Gasteiger partial charge in [0.15, 0.2) is 0 Å². The van der Waals surface area contributed by atoms with Gasteiger partial charge in [-0.15, -0.1) is 11.3 Å². The van der Waals surface area contributed by atoms with E-state index in [0.717, 1.165) is 27.6 Å². The van der Waals surface area contributed by atoms with Crippen LogP contribution < -0.4 is 0 Å². The van der Waals surface area contributed by atoms with Crippen LogP contribution in [-0.2, 0) is 0 Å². The number of fused-ring (bicyclic) bond motifs is 1. The van der Waals surface area contributed by atoms with Crippen LogP contribution in [0.1, 0.15) is 10.8 Å². The van der Waals surface area contributed by atoms with Crippen LogP contribution in [0.5, 0.6) is 0 Å². The number of thiazole rings is 1. The summed E-state index contributed by atoms with van der Waals surface area (Å²) in [6.07, 6.45) is 3.96. The Morgan fingerprint density at radius 1 is 0.818 bits per heavy atom. The first kappa shape index (κ1) is 13.0. The summed E-state index contributed by atoms with van der Waals surface area (Å²) >= 11 is 1.68. The van der Waals surface area contributed by atoms with Gasteiger partial charge in [0.05, 0.1) is 10.2 Å². The standard InChI is InChI=1S/C19H13NOS/c1-2-6-14(7-3-1)17-12-10-15(21-17)11-13-19-20-16-8-4-5-9-18(16)22-19/h1-13H/b13-11+. The molecule has 0 unspecified atom stereocenters. The lowest BCUT2D eigenvalue weighted by Gasteiger charge is -1.94. The van der Waals surface area contributed by atoms with E-state index in [1.807, 2.05) is 72.8 Å². The summed E-state index contributed by atoms with van der Waals surface area (Å²) in [5.41, 5.74) is 2.12. The van der Waals surface area contributed by atoms with Crippen molar-refractivity contribution >= 4 is 33.7 Å². The molecule has 2 aromatic heterocycles. The molecule has 0 atom stereocenters. The number of furan rings is 1. The highest BCUT2D eigenvalue weighted by molar-refractivity contribution is 7.19. The molecular formula is C19H13NOS. The Kier molecular flexibility index (Phi) is 3.33. The van der Waals surface area contributed by atoms with Gasteiger partial charge < -0.3 is 4.42 Å². The van der Waals surface area contributed by atoms with Crippen molar-refractivity contribution < 1.29 is 4.42 Å². The van der Waals surface area contributed by atoms with E-state index < -0.39 is 0 Å². The van der Waals surface area contributed by atoms with Gasteiger partial charge in [-0.3, -0.25) is 0 Å². The lowest BCUT2D eigenvalue weighted by Crippen LogP contribution is -1.70. The molecule has 0 radical (unpaired) electrons. The highest BCUT2D eigenvalue weighted by Gasteiger charge is 2.03. The van der Waals surface area contributed by atoms with Crippen LogP contribution in [0, 0.1) is 0 Å². The van der Waals surface area contributed by atoms with Crippen molar-refractivity contribution in [3.8, 4) is 11.3 Å². The number of hydrogen-bond acceptors (Lipinski definition) is 3. The minimum absolute atomic E-state index is 0.832. The third-order valence-corrected chi connectivity index (χ3v) is 4.39. The van der Waals surface area contributed by atoms with E-state index in [0.29, 0.717) is 0 Å². The summed E-state index contributed by atoms with van der Waals surface area (Å²) in [6, 6.07) is 22.2. The molecule has 0 fully saturated rings. The average molecular weight is 303 g/mol. The molecular weight excluding hydrogens is 290 g/mol. The molecule has 0 saturated heterocycles. The molecule has 106 valence electrons. The van der Waals surface area contributed by atoms with Crippen LogP contribution in [0.2, 0.25) is 0 Å². The first-order valence-electron chi connectivity index (χ1n) is 7.07. The molecule has 0 spiro atoms. The van der Waals surface area contributed by atoms with Gasteiger partial charge in [0.1, 0.15) is 16.5 Å². The first-order chi connectivity index (χ1) is 10.9.